The second kappa shape index (κ2) is 10.1. The predicted octanol–water partition coefficient (Wildman–Crippen LogP) is 3.92. The van der Waals surface area contributed by atoms with Gasteiger partial charge in [-0.3, -0.25) is 14.4 Å². The fourth-order valence-corrected chi connectivity index (χ4v) is 3.67. The van der Waals surface area contributed by atoms with Gasteiger partial charge in [0.25, 0.3) is 5.91 Å². The van der Waals surface area contributed by atoms with E-state index < -0.39 is 0 Å². The highest BCUT2D eigenvalue weighted by Crippen LogP contribution is 2.24. The molecule has 0 bridgehead atoms. The summed E-state index contributed by atoms with van der Waals surface area (Å²) in [5.74, 6) is -0.119. The van der Waals surface area contributed by atoms with Crippen molar-refractivity contribution in [3.63, 3.8) is 0 Å². The number of benzene rings is 2. The number of carbonyl (C=O) groups is 3. The van der Waals surface area contributed by atoms with Crippen molar-refractivity contribution in [2.75, 3.05) is 22.5 Å². The zero-order valence-electron chi connectivity index (χ0n) is 17.9. The van der Waals surface area contributed by atoms with E-state index in [-0.39, 0.29) is 30.3 Å². The van der Waals surface area contributed by atoms with E-state index in [2.05, 4.69) is 33.4 Å². The highest BCUT2D eigenvalue weighted by atomic mass is 16.2. The second-order valence-corrected chi connectivity index (χ2v) is 8.29. The van der Waals surface area contributed by atoms with Crippen LogP contribution in [0.1, 0.15) is 42.5 Å². The zero-order chi connectivity index (χ0) is 22.3. The molecule has 32 heavy (non-hydrogen) atoms. The van der Waals surface area contributed by atoms with Crippen LogP contribution in [0.3, 0.4) is 0 Å². The molecule has 0 saturated heterocycles. The molecule has 166 valence electrons. The van der Waals surface area contributed by atoms with Crippen molar-refractivity contribution in [2.45, 2.75) is 38.1 Å². The van der Waals surface area contributed by atoms with Gasteiger partial charge in [0.15, 0.2) is 0 Å². The lowest BCUT2D eigenvalue weighted by atomic mass is 10.0. The van der Waals surface area contributed by atoms with Gasteiger partial charge >= 0.3 is 0 Å². The molecule has 2 aromatic carbocycles. The summed E-state index contributed by atoms with van der Waals surface area (Å²) in [7, 11) is 0. The molecule has 3 amide bonds. The lowest BCUT2D eigenvalue weighted by Crippen LogP contribution is -2.26. The molecule has 1 atom stereocenters. The molecule has 0 aliphatic heterocycles. The summed E-state index contributed by atoms with van der Waals surface area (Å²) in [4.78, 5) is 37.0. The van der Waals surface area contributed by atoms with E-state index in [1.807, 2.05) is 24.3 Å². The summed E-state index contributed by atoms with van der Waals surface area (Å²) in [5, 5.41) is 11.8. The Morgan fingerprint density at radius 2 is 1.69 bits per heavy atom. The van der Waals surface area contributed by atoms with Crippen LogP contribution in [0.15, 0.2) is 60.7 Å². The summed E-state index contributed by atoms with van der Waals surface area (Å²) in [6.07, 6.45) is 8.74. The fraction of sp³-hybridized carbons (Fsp3) is 0.320. The summed E-state index contributed by atoms with van der Waals surface area (Å²) in [5.41, 5.74) is 2.40. The molecular formula is C25H28N4O3. The van der Waals surface area contributed by atoms with Crippen molar-refractivity contribution in [1.82, 2.24) is 5.32 Å². The molecule has 1 saturated carbocycles. The zero-order valence-corrected chi connectivity index (χ0v) is 17.9. The van der Waals surface area contributed by atoms with Crippen LogP contribution in [-0.2, 0) is 9.59 Å². The number of amides is 3. The van der Waals surface area contributed by atoms with Crippen LogP contribution in [0.25, 0.3) is 0 Å². The second-order valence-electron chi connectivity index (χ2n) is 8.29. The Kier molecular flexibility index (Phi) is 6.84. The van der Waals surface area contributed by atoms with Crippen molar-refractivity contribution in [1.29, 1.82) is 0 Å². The first kappa shape index (κ1) is 21.6. The molecule has 7 nitrogen and oxygen atoms in total. The topological polar surface area (TPSA) is 99.3 Å². The number of hydrogen-bond donors (Lipinski definition) is 4. The van der Waals surface area contributed by atoms with Crippen molar-refractivity contribution in [3.8, 4) is 0 Å². The molecule has 0 spiro atoms. The van der Waals surface area contributed by atoms with Crippen LogP contribution >= 0.6 is 0 Å². The Bertz CT molecular complexity index is 1030. The summed E-state index contributed by atoms with van der Waals surface area (Å²) in [6.45, 7) is 0.0245. The van der Waals surface area contributed by atoms with Gasteiger partial charge in [-0.15, -0.1) is 0 Å². The maximum Gasteiger partial charge on any atom is 0.251 e. The van der Waals surface area contributed by atoms with Gasteiger partial charge in [0.2, 0.25) is 11.8 Å². The molecular weight excluding hydrogens is 404 g/mol. The van der Waals surface area contributed by atoms with E-state index in [0.717, 1.165) is 25.7 Å². The van der Waals surface area contributed by atoms with Gasteiger partial charge in [-0.25, -0.2) is 0 Å². The molecule has 7 heteroatoms. The fourth-order valence-electron chi connectivity index (χ4n) is 3.67. The molecule has 0 radical (unpaired) electrons. The Balaban J connectivity index is 1.30. The Morgan fingerprint density at radius 3 is 2.44 bits per heavy atom. The Morgan fingerprint density at radius 1 is 0.875 bits per heavy atom. The number of para-hydroxylation sites is 2. The SMILES string of the molecule is O=C(CNc1ccccc1NC(=O)CC1C=CCC1)Nc1cccc(C(=O)NC2CC2)c1. The first-order valence-electron chi connectivity index (χ1n) is 11.1. The van der Waals surface area contributed by atoms with Gasteiger partial charge in [-0.1, -0.05) is 30.4 Å². The molecule has 4 rings (SSSR count). The monoisotopic (exact) mass is 432 g/mol. The van der Waals surface area contributed by atoms with Crippen LogP contribution < -0.4 is 21.3 Å². The van der Waals surface area contributed by atoms with Gasteiger partial charge < -0.3 is 21.3 Å². The summed E-state index contributed by atoms with van der Waals surface area (Å²) >= 11 is 0. The smallest absolute Gasteiger partial charge is 0.251 e. The molecule has 4 N–H and O–H groups in total. The minimum Gasteiger partial charge on any atom is -0.374 e. The van der Waals surface area contributed by atoms with Crippen molar-refractivity contribution < 1.29 is 14.4 Å². The number of anilines is 3. The van der Waals surface area contributed by atoms with E-state index >= 15 is 0 Å². The maximum absolute atomic E-state index is 12.4. The van der Waals surface area contributed by atoms with E-state index in [1.54, 1.807) is 24.3 Å². The van der Waals surface area contributed by atoms with Gasteiger partial charge in [0, 0.05) is 23.7 Å². The first-order valence-corrected chi connectivity index (χ1v) is 11.1. The van der Waals surface area contributed by atoms with Gasteiger partial charge in [-0.05, 0) is 61.9 Å². The van der Waals surface area contributed by atoms with Gasteiger partial charge in [0.05, 0.1) is 17.9 Å². The van der Waals surface area contributed by atoms with E-state index in [0.29, 0.717) is 35.0 Å². The molecule has 1 fully saturated rings. The third-order valence-electron chi connectivity index (χ3n) is 5.52. The third kappa shape index (κ3) is 6.20. The minimum atomic E-state index is -0.248. The van der Waals surface area contributed by atoms with Crippen LogP contribution in [-0.4, -0.2) is 30.3 Å². The van der Waals surface area contributed by atoms with Crippen molar-refractivity contribution >= 4 is 34.8 Å². The Hall–Kier alpha value is -3.61. The standard InChI is InChI=1S/C25H28N4O3/c30-23(14-17-6-1-2-7-17)29-22-11-4-3-10-21(22)26-16-24(31)27-20-9-5-8-18(15-20)25(32)28-19-12-13-19/h1,3-6,8-11,15,17,19,26H,2,7,12-14,16H2,(H,27,31)(H,28,32)(H,29,30). The molecule has 0 aromatic heterocycles. The highest BCUT2D eigenvalue weighted by molar-refractivity contribution is 5.99. The molecule has 1 unspecified atom stereocenters. The van der Waals surface area contributed by atoms with Gasteiger partial charge in [-0.2, -0.15) is 0 Å². The number of nitrogens with one attached hydrogen (secondary N) is 4. The van der Waals surface area contributed by atoms with Crippen molar-refractivity contribution in [3.05, 3.63) is 66.2 Å². The number of hydrogen-bond acceptors (Lipinski definition) is 4. The van der Waals surface area contributed by atoms with Crippen molar-refractivity contribution in [2.24, 2.45) is 5.92 Å². The van der Waals surface area contributed by atoms with Crippen LogP contribution in [0.2, 0.25) is 0 Å². The van der Waals surface area contributed by atoms with E-state index in [4.69, 9.17) is 0 Å². The largest absolute Gasteiger partial charge is 0.374 e. The number of allylic oxidation sites excluding steroid dienone is 2. The number of carbonyl (C=O) groups excluding carboxylic acids is 3. The first-order chi connectivity index (χ1) is 15.6. The molecule has 2 aliphatic carbocycles. The highest BCUT2D eigenvalue weighted by Gasteiger charge is 2.23. The average Bonchev–Trinajstić information content (AvgIpc) is 3.45. The molecule has 2 aromatic rings. The van der Waals surface area contributed by atoms with E-state index in [9.17, 15) is 14.4 Å². The van der Waals surface area contributed by atoms with Crippen LogP contribution in [0.5, 0.6) is 0 Å². The van der Waals surface area contributed by atoms with E-state index in [1.165, 1.54) is 0 Å². The molecule has 2 aliphatic rings. The normalized spacial score (nSPS) is 16.9. The van der Waals surface area contributed by atoms with Gasteiger partial charge in [0.1, 0.15) is 0 Å². The number of rotatable bonds is 9. The summed E-state index contributed by atoms with van der Waals surface area (Å²) in [6, 6.07) is 14.5. The van der Waals surface area contributed by atoms with Crippen LogP contribution in [0, 0.1) is 5.92 Å². The minimum absolute atomic E-state index is 0.0245. The lowest BCUT2D eigenvalue weighted by molar-refractivity contribution is -0.117. The predicted molar refractivity (Wildman–Crippen MR) is 126 cm³/mol. The Labute approximate surface area is 187 Å². The average molecular weight is 433 g/mol. The maximum atomic E-state index is 12.4. The van der Waals surface area contributed by atoms with Crippen LogP contribution in [0.4, 0.5) is 17.1 Å². The lowest BCUT2D eigenvalue weighted by Gasteiger charge is -2.14. The third-order valence-corrected chi connectivity index (χ3v) is 5.52. The summed E-state index contributed by atoms with van der Waals surface area (Å²) < 4.78 is 0. The molecule has 0 heterocycles. The quantitative estimate of drug-likeness (QED) is 0.451.